The summed E-state index contributed by atoms with van der Waals surface area (Å²) in [4.78, 5) is 5.30. The van der Waals surface area contributed by atoms with Crippen molar-refractivity contribution in [2.75, 3.05) is 13.6 Å². The molecule has 2 N–H and O–H groups in total. The lowest BCUT2D eigenvalue weighted by Gasteiger charge is -2.25. The molecule has 0 amide bonds. The lowest BCUT2D eigenvalue weighted by Crippen LogP contribution is -2.43. The van der Waals surface area contributed by atoms with Crippen LogP contribution in [-0.4, -0.2) is 29.3 Å². The first-order chi connectivity index (χ1) is 11.6. The van der Waals surface area contributed by atoms with Crippen LogP contribution in [0.25, 0.3) is 0 Å². The highest BCUT2D eigenvalue weighted by molar-refractivity contribution is 14.0. The molecule has 0 spiro atoms. The molecule has 10 heteroatoms. The molecule has 0 aromatic carbocycles. The zero-order valence-corrected chi connectivity index (χ0v) is 18.2. The van der Waals surface area contributed by atoms with Crippen LogP contribution < -0.4 is 10.6 Å². The molecule has 5 nitrogen and oxygen atoms in total. The summed E-state index contributed by atoms with van der Waals surface area (Å²) in [5.41, 5.74) is -0.913. The van der Waals surface area contributed by atoms with E-state index in [2.05, 4.69) is 40.6 Å². The number of thiophene rings is 1. The molecule has 0 saturated carbocycles. The number of rotatable bonds is 5. The van der Waals surface area contributed by atoms with Gasteiger partial charge in [0.1, 0.15) is 0 Å². The van der Waals surface area contributed by atoms with Gasteiger partial charge in [0.2, 0.25) is 0 Å². The van der Waals surface area contributed by atoms with E-state index in [1.54, 1.807) is 18.4 Å². The van der Waals surface area contributed by atoms with Crippen LogP contribution in [0.15, 0.2) is 28.7 Å². The van der Waals surface area contributed by atoms with Gasteiger partial charge in [-0.2, -0.15) is 18.3 Å². The second-order valence-corrected chi connectivity index (χ2v) is 7.26. The maximum atomic E-state index is 13.0. The molecule has 0 atom stereocenters. The number of guanidine groups is 1. The molecule has 0 unspecified atom stereocenters. The number of hydrogen-bond acceptors (Lipinski definition) is 3. The second kappa shape index (κ2) is 9.07. The van der Waals surface area contributed by atoms with E-state index in [4.69, 9.17) is 0 Å². The number of aliphatic imine (C=N–C) groups is 1. The van der Waals surface area contributed by atoms with Crippen molar-refractivity contribution in [2.24, 2.45) is 12.0 Å². The van der Waals surface area contributed by atoms with Crippen LogP contribution >= 0.6 is 35.3 Å². The van der Waals surface area contributed by atoms with Gasteiger partial charge in [0, 0.05) is 49.2 Å². The van der Waals surface area contributed by atoms with Crippen LogP contribution in [0.3, 0.4) is 0 Å². The summed E-state index contributed by atoms with van der Waals surface area (Å²) < 4.78 is 40.1. The van der Waals surface area contributed by atoms with Crippen molar-refractivity contribution in [1.82, 2.24) is 20.4 Å². The Labute approximate surface area is 172 Å². The average molecular weight is 501 g/mol. The first kappa shape index (κ1) is 22.7. The van der Waals surface area contributed by atoms with Crippen LogP contribution in [-0.2, 0) is 25.2 Å². The number of halogens is 4. The molecule has 2 heterocycles. The van der Waals surface area contributed by atoms with Crippen molar-refractivity contribution in [2.45, 2.75) is 32.0 Å². The molecule has 146 valence electrons. The van der Waals surface area contributed by atoms with Crippen molar-refractivity contribution in [3.8, 4) is 0 Å². The third-order valence-electron chi connectivity index (χ3n) is 3.73. The third kappa shape index (κ3) is 5.86. The van der Waals surface area contributed by atoms with E-state index in [0.717, 1.165) is 4.68 Å². The summed E-state index contributed by atoms with van der Waals surface area (Å²) in [6, 6.07) is 4.06. The second-order valence-electron chi connectivity index (χ2n) is 6.31. The molecule has 2 rings (SSSR count). The van der Waals surface area contributed by atoms with Crippen LogP contribution in [0.2, 0.25) is 0 Å². The fraction of sp³-hybridized carbons (Fsp3) is 0.500. The summed E-state index contributed by atoms with van der Waals surface area (Å²) in [5, 5.41) is 11.6. The highest BCUT2D eigenvalue weighted by atomic mass is 127. The summed E-state index contributed by atoms with van der Waals surface area (Å²) in [7, 11) is 3.05. The zero-order chi connectivity index (χ0) is 18.7. The van der Waals surface area contributed by atoms with Gasteiger partial charge >= 0.3 is 6.18 Å². The van der Waals surface area contributed by atoms with Gasteiger partial charge in [0.05, 0.1) is 0 Å². The van der Waals surface area contributed by atoms with Gasteiger partial charge in [-0.25, -0.2) is 0 Å². The van der Waals surface area contributed by atoms with Gasteiger partial charge in [0.15, 0.2) is 11.7 Å². The molecule has 0 saturated heterocycles. The van der Waals surface area contributed by atoms with E-state index < -0.39 is 11.9 Å². The SMILES string of the molecule is CN=C(NCc1cn(C)nc1C(F)(F)F)NCC(C)(C)c1cccs1.I. The molecule has 0 fully saturated rings. The van der Waals surface area contributed by atoms with Gasteiger partial charge in [-0.3, -0.25) is 9.67 Å². The Kier molecular flexibility index (Phi) is 7.93. The van der Waals surface area contributed by atoms with Crippen molar-refractivity contribution < 1.29 is 13.2 Å². The number of aryl methyl sites for hydroxylation is 1. The molecule has 0 radical (unpaired) electrons. The maximum absolute atomic E-state index is 13.0. The number of aromatic nitrogens is 2. The minimum Gasteiger partial charge on any atom is -0.356 e. The summed E-state index contributed by atoms with van der Waals surface area (Å²) in [5.74, 6) is 0.446. The smallest absolute Gasteiger partial charge is 0.356 e. The third-order valence-corrected chi connectivity index (χ3v) is 4.96. The van der Waals surface area contributed by atoms with Crippen molar-refractivity contribution >= 4 is 41.3 Å². The van der Waals surface area contributed by atoms with E-state index >= 15 is 0 Å². The zero-order valence-electron chi connectivity index (χ0n) is 15.0. The van der Waals surface area contributed by atoms with E-state index in [1.165, 1.54) is 18.1 Å². The van der Waals surface area contributed by atoms with Crippen molar-refractivity contribution in [1.29, 1.82) is 0 Å². The first-order valence-electron chi connectivity index (χ1n) is 7.71. The predicted molar refractivity (Wildman–Crippen MR) is 109 cm³/mol. The number of hydrogen-bond donors (Lipinski definition) is 2. The van der Waals surface area contributed by atoms with E-state index in [9.17, 15) is 13.2 Å². The molecule has 2 aromatic heterocycles. The topological polar surface area (TPSA) is 54.2 Å². The molecule has 0 aliphatic rings. The number of alkyl halides is 3. The van der Waals surface area contributed by atoms with E-state index in [-0.39, 0.29) is 41.5 Å². The lowest BCUT2D eigenvalue weighted by atomic mass is 9.91. The molecular formula is C16H23F3IN5S. The van der Waals surface area contributed by atoms with Gasteiger partial charge in [-0.15, -0.1) is 35.3 Å². The molecule has 26 heavy (non-hydrogen) atoms. The van der Waals surface area contributed by atoms with E-state index in [0.29, 0.717) is 12.5 Å². The van der Waals surface area contributed by atoms with Crippen molar-refractivity contribution in [3.63, 3.8) is 0 Å². The minimum absolute atomic E-state index is 0. The first-order valence-corrected chi connectivity index (χ1v) is 8.59. The molecule has 0 aliphatic heterocycles. The summed E-state index contributed by atoms with van der Waals surface area (Å²) >= 11 is 1.67. The van der Waals surface area contributed by atoms with Gasteiger partial charge in [0.25, 0.3) is 0 Å². The number of nitrogens with zero attached hydrogens (tertiary/aromatic N) is 3. The van der Waals surface area contributed by atoms with Crippen LogP contribution in [0.5, 0.6) is 0 Å². The quantitative estimate of drug-likeness (QED) is 0.373. The highest BCUT2D eigenvalue weighted by Gasteiger charge is 2.36. The van der Waals surface area contributed by atoms with Crippen LogP contribution in [0, 0.1) is 0 Å². The summed E-state index contributed by atoms with van der Waals surface area (Å²) in [6.45, 7) is 4.79. The van der Waals surface area contributed by atoms with Crippen LogP contribution in [0.1, 0.15) is 30.0 Å². The standard InChI is InChI=1S/C16H22F3N5S.HI/c1-15(2,12-6-5-7-25-12)10-22-14(20-3)21-8-11-9-24(4)23-13(11)16(17,18)19;/h5-7,9H,8,10H2,1-4H3,(H2,20,21,22);1H. The van der Waals surface area contributed by atoms with Crippen LogP contribution in [0.4, 0.5) is 13.2 Å². The van der Waals surface area contributed by atoms with Crippen molar-refractivity contribution in [3.05, 3.63) is 39.8 Å². The maximum Gasteiger partial charge on any atom is 0.435 e. The average Bonchev–Trinajstić information content (AvgIpc) is 3.16. The monoisotopic (exact) mass is 501 g/mol. The Bertz CT molecular complexity index is 723. The fourth-order valence-corrected chi connectivity index (χ4v) is 3.21. The Morgan fingerprint density at radius 3 is 2.54 bits per heavy atom. The minimum atomic E-state index is -4.48. The highest BCUT2D eigenvalue weighted by Crippen LogP contribution is 2.30. The number of nitrogens with one attached hydrogen (secondary N) is 2. The molecule has 0 aliphatic carbocycles. The normalized spacial score (nSPS) is 12.7. The molecular weight excluding hydrogens is 478 g/mol. The van der Waals surface area contributed by atoms with Gasteiger partial charge in [-0.05, 0) is 11.4 Å². The van der Waals surface area contributed by atoms with E-state index in [1.807, 2.05) is 11.4 Å². The Balaban J connectivity index is 0.00000338. The molecule has 0 bridgehead atoms. The Morgan fingerprint density at radius 2 is 2.00 bits per heavy atom. The van der Waals surface area contributed by atoms with Gasteiger partial charge in [-0.1, -0.05) is 19.9 Å². The van der Waals surface area contributed by atoms with Gasteiger partial charge < -0.3 is 10.6 Å². The molecule has 2 aromatic rings. The fourth-order valence-electron chi connectivity index (χ4n) is 2.36. The Morgan fingerprint density at radius 1 is 1.31 bits per heavy atom. The largest absolute Gasteiger partial charge is 0.435 e. The summed E-state index contributed by atoms with van der Waals surface area (Å²) in [6.07, 6.45) is -3.12. The lowest BCUT2D eigenvalue weighted by molar-refractivity contribution is -0.142. The predicted octanol–water partition coefficient (Wildman–Crippen LogP) is 3.76. The Hall–Kier alpha value is -1.30.